The fourth-order valence-corrected chi connectivity index (χ4v) is 1.65. The van der Waals surface area contributed by atoms with Gasteiger partial charge in [-0.3, -0.25) is 19.6 Å². The summed E-state index contributed by atoms with van der Waals surface area (Å²) >= 11 is 0. The van der Waals surface area contributed by atoms with E-state index in [1.807, 2.05) is 6.92 Å². The number of ether oxygens (including phenoxy) is 1. The van der Waals surface area contributed by atoms with Gasteiger partial charge in [0, 0.05) is 19.8 Å². The molecule has 0 aromatic carbocycles. The predicted molar refractivity (Wildman–Crippen MR) is 72.4 cm³/mol. The maximum atomic E-state index is 11.9. The monoisotopic (exact) mass is 284 g/mol. The zero-order valence-electron chi connectivity index (χ0n) is 12.0. The van der Waals surface area contributed by atoms with Gasteiger partial charge in [-0.15, -0.1) is 0 Å². The second-order valence-electron chi connectivity index (χ2n) is 4.35. The Labute approximate surface area is 117 Å². The van der Waals surface area contributed by atoms with E-state index < -0.39 is 11.0 Å². The maximum absolute atomic E-state index is 11.9. The number of hydrogen-bond donors (Lipinski definition) is 1. The molecule has 0 aliphatic rings. The van der Waals surface area contributed by atoms with E-state index in [1.165, 1.54) is 10.9 Å². The number of carbonyl (C=O) groups excluding carboxylic acids is 1. The van der Waals surface area contributed by atoms with Crippen LogP contribution in [0.3, 0.4) is 0 Å². The van der Waals surface area contributed by atoms with Gasteiger partial charge in [-0.2, -0.15) is 5.10 Å². The molecule has 8 heteroatoms. The van der Waals surface area contributed by atoms with Crippen LogP contribution in [0.1, 0.15) is 32.0 Å². The Morgan fingerprint density at radius 2 is 2.35 bits per heavy atom. The molecule has 20 heavy (non-hydrogen) atoms. The number of hydrogen-bond acceptors (Lipinski definition) is 5. The van der Waals surface area contributed by atoms with Crippen molar-refractivity contribution in [2.45, 2.75) is 33.2 Å². The van der Waals surface area contributed by atoms with Crippen molar-refractivity contribution in [1.82, 2.24) is 15.1 Å². The van der Waals surface area contributed by atoms with Gasteiger partial charge in [0.15, 0.2) is 0 Å². The van der Waals surface area contributed by atoms with Crippen molar-refractivity contribution >= 4 is 11.6 Å². The fourth-order valence-electron chi connectivity index (χ4n) is 1.65. The normalized spacial score (nSPS) is 12.2. The SMILES string of the molecule is CCOCCCNC(=O)C(C)n1cc([N+](=O)[O-])c(C)n1. The lowest BCUT2D eigenvalue weighted by Crippen LogP contribution is -2.32. The fraction of sp³-hybridized carbons (Fsp3) is 0.667. The van der Waals surface area contributed by atoms with Crippen LogP contribution in [0.2, 0.25) is 0 Å². The van der Waals surface area contributed by atoms with E-state index in [-0.39, 0.29) is 11.6 Å². The van der Waals surface area contributed by atoms with Crippen molar-refractivity contribution in [3.05, 3.63) is 22.0 Å². The quantitative estimate of drug-likeness (QED) is 0.439. The summed E-state index contributed by atoms with van der Waals surface area (Å²) in [6.07, 6.45) is 2.00. The molecule has 1 amide bonds. The van der Waals surface area contributed by atoms with Gasteiger partial charge >= 0.3 is 5.69 Å². The number of amides is 1. The average Bonchev–Trinajstić information content (AvgIpc) is 2.79. The largest absolute Gasteiger partial charge is 0.382 e. The molecule has 1 rings (SSSR count). The molecule has 0 radical (unpaired) electrons. The first-order chi connectivity index (χ1) is 9.47. The number of carbonyl (C=O) groups is 1. The lowest BCUT2D eigenvalue weighted by Gasteiger charge is -2.12. The van der Waals surface area contributed by atoms with Gasteiger partial charge in [-0.05, 0) is 27.2 Å². The van der Waals surface area contributed by atoms with Crippen molar-refractivity contribution in [2.24, 2.45) is 0 Å². The molecular formula is C12H20N4O4. The first-order valence-electron chi connectivity index (χ1n) is 6.53. The predicted octanol–water partition coefficient (Wildman–Crippen LogP) is 1.20. The van der Waals surface area contributed by atoms with Crippen molar-refractivity contribution < 1.29 is 14.5 Å². The second-order valence-corrected chi connectivity index (χ2v) is 4.35. The molecule has 0 bridgehead atoms. The van der Waals surface area contributed by atoms with E-state index in [4.69, 9.17) is 4.74 Å². The van der Waals surface area contributed by atoms with E-state index in [9.17, 15) is 14.9 Å². The Kier molecular flexibility index (Phi) is 6.10. The third-order valence-corrected chi connectivity index (χ3v) is 2.83. The topological polar surface area (TPSA) is 99.3 Å². The summed E-state index contributed by atoms with van der Waals surface area (Å²) in [5, 5.41) is 17.5. The van der Waals surface area contributed by atoms with Gasteiger partial charge in [0.05, 0.1) is 4.92 Å². The minimum atomic E-state index is -0.588. The third kappa shape index (κ3) is 4.30. The molecule has 112 valence electrons. The number of aryl methyl sites for hydroxylation is 1. The van der Waals surface area contributed by atoms with Gasteiger partial charge < -0.3 is 10.1 Å². The zero-order valence-corrected chi connectivity index (χ0v) is 12.0. The van der Waals surface area contributed by atoms with E-state index >= 15 is 0 Å². The van der Waals surface area contributed by atoms with Gasteiger partial charge in [-0.25, -0.2) is 0 Å². The lowest BCUT2D eigenvalue weighted by atomic mass is 10.3. The Bertz CT molecular complexity index is 472. The van der Waals surface area contributed by atoms with Crippen LogP contribution in [-0.2, 0) is 9.53 Å². The van der Waals surface area contributed by atoms with Gasteiger partial charge in [0.25, 0.3) is 0 Å². The summed E-state index contributed by atoms with van der Waals surface area (Å²) in [6, 6.07) is -0.588. The molecule has 1 unspecified atom stereocenters. The van der Waals surface area contributed by atoms with Gasteiger partial charge in [-0.1, -0.05) is 0 Å². The Hall–Kier alpha value is -1.96. The highest BCUT2D eigenvalue weighted by atomic mass is 16.6. The van der Waals surface area contributed by atoms with Crippen LogP contribution >= 0.6 is 0 Å². The van der Waals surface area contributed by atoms with Crippen LogP contribution in [-0.4, -0.2) is 40.4 Å². The molecule has 0 saturated carbocycles. The molecule has 0 fully saturated rings. The highest BCUT2D eigenvalue weighted by Gasteiger charge is 2.21. The van der Waals surface area contributed by atoms with Crippen LogP contribution in [0.5, 0.6) is 0 Å². The highest BCUT2D eigenvalue weighted by Crippen LogP contribution is 2.18. The van der Waals surface area contributed by atoms with Crippen LogP contribution in [0, 0.1) is 17.0 Å². The van der Waals surface area contributed by atoms with Crippen molar-refractivity contribution in [2.75, 3.05) is 19.8 Å². The summed E-state index contributed by atoms with van der Waals surface area (Å²) < 4.78 is 6.47. The molecule has 1 N–H and O–H groups in total. The summed E-state index contributed by atoms with van der Waals surface area (Å²) in [5.74, 6) is -0.223. The van der Waals surface area contributed by atoms with Crippen LogP contribution in [0.25, 0.3) is 0 Å². The maximum Gasteiger partial charge on any atom is 0.309 e. The molecule has 8 nitrogen and oxygen atoms in total. The minimum Gasteiger partial charge on any atom is -0.382 e. The number of aromatic nitrogens is 2. The Balaban J connectivity index is 2.52. The van der Waals surface area contributed by atoms with Crippen molar-refractivity contribution in [1.29, 1.82) is 0 Å². The molecule has 0 aliphatic carbocycles. The van der Waals surface area contributed by atoms with Crippen LogP contribution in [0.15, 0.2) is 6.20 Å². The second kappa shape index (κ2) is 7.59. The molecule has 1 aromatic rings. The number of nitro groups is 1. The van der Waals surface area contributed by atoms with E-state index in [1.54, 1.807) is 13.8 Å². The lowest BCUT2D eigenvalue weighted by molar-refractivity contribution is -0.385. The molecule has 1 atom stereocenters. The van der Waals surface area contributed by atoms with Gasteiger partial charge in [0.1, 0.15) is 17.9 Å². The first kappa shape index (κ1) is 16.1. The molecule has 0 aliphatic heterocycles. The summed E-state index contributed by atoms with van der Waals surface area (Å²) in [7, 11) is 0. The average molecular weight is 284 g/mol. The van der Waals surface area contributed by atoms with Crippen molar-refractivity contribution in [3.8, 4) is 0 Å². The van der Waals surface area contributed by atoms with E-state index in [0.29, 0.717) is 25.5 Å². The highest BCUT2D eigenvalue weighted by molar-refractivity contribution is 5.79. The Morgan fingerprint density at radius 3 is 2.90 bits per heavy atom. The number of nitrogens with zero attached hydrogens (tertiary/aromatic N) is 3. The third-order valence-electron chi connectivity index (χ3n) is 2.83. The van der Waals surface area contributed by atoms with Crippen LogP contribution < -0.4 is 5.32 Å². The first-order valence-corrected chi connectivity index (χ1v) is 6.53. The molecule has 1 heterocycles. The zero-order chi connectivity index (χ0) is 15.1. The van der Waals surface area contributed by atoms with Crippen LogP contribution in [0.4, 0.5) is 5.69 Å². The number of nitrogens with one attached hydrogen (secondary N) is 1. The summed E-state index contributed by atoms with van der Waals surface area (Å²) in [4.78, 5) is 22.1. The minimum absolute atomic E-state index is 0.0824. The molecule has 1 aromatic heterocycles. The standard InChI is InChI=1S/C12H20N4O4/c1-4-20-7-5-6-13-12(17)10(3)15-8-11(16(18)19)9(2)14-15/h8,10H,4-7H2,1-3H3,(H,13,17). The summed E-state index contributed by atoms with van der Waals surface area (Å²) in [5.41, 5.74) is 0.215. The van der Waals surface area contributed by atoms with E-state index in [0.717, 1.165) is 6.42 Å². The van der Waals surface area contributed by atoms with E-state index in [2.05, 4.69) is 10.4 Å². The smallest absolute Gasteiger partial charge is 0.309 e. The molecule has 0 saturated heterocycles. The summed E-state index contributed by atoms with van der Waals surface area (Å²) in [6.45, 7) is 6.85. The van der Waals surface area contributed by atoms with Crippen molar-refractivity contribution in [3.63, 3.8) is 0 Å². The molecular weight excluding hydrogens is 264 g/mol. The van der Waals surface area contributed by atoms with Gasteiger partial charge in [0.2, 0.25) is 5.91 Å². The number of rotatable bonds is 8. The molecule has 0 spiro atoms. The Morgan fingerprint density at radius 1 is 1.65 bits per heavy atom.